The van der Waals surface area contributed by atoms with Crippen LogP contribution < -0.4 is 11.0 Å². The highest BCUT2D eigenvalue weighted by Crippen LogP contribution is 2.32. The molecule has 8 nitrogen and oxygen atoms in total. The van der Waals surface area contributed by atoms with Gasteiger partial charge in [0.05, 0.1) is 18.2 Å². The number of nitrogens with zero attached hydrogens (tertiary/aromatic N) is 4. The topological polar surface area (TPSA) is 95.0 Å². The molecule has 0 aliphatic rings. The van der Waals surface area contributed by atoms with Gasteiger partial charge in [0, 0.05) is 17.1 Å². The third-order valence-corrected chi connectivity index (χ3v) is 5.74. The molecule has 15 heteroatoms. The van der Waals surface area contributed by atoms with Gasteiger partial charge in [-0.25, -0.2) is 14.5 Å². The fourth-order valence-electron chi connectivity index (χ4n) is 3.70. The van der Waals surface area contributed by atoms with Crippen molar-refractivity contribution < 1.29 is 35.6 Å². The van der Waals surface area contributed by atoms with Gasteiger partial charge in [-0.15, -0.1) is 5.10 Å². The molecule has 0 saturated heterocycles. The van der Waals surface area contributed by atoms with E-state index >= 15 is 0 Å². The molecular formula is C24H18ClF6N5O3. The molecule has 1 unspecified atom stereocenters. The average molecular weight is 574 g/mol. The van der Waals surface area contributed by atoms with E-state index in [1.165, 1.54) is 36.5 Å². The Morgan fingerprint density at radius 3 is 2.41 bits per heavy atom. The van der Waals surface area contributed by atoms with Crippen molar-refractivity contribution in [3.8, 4) is 11.4 Å². The summed E-state index contributed by atoms with van der Waals surface area (Å²) in [6.07, 6.45) is -8.16. The Labute approximate surface area is 220 Å². The van der Waals surface area contributed by atoms with Gasteiger partial charge in [0.15, 0.2) is 5.82 Å². The molecule has 4 aromatic rings. The second kappa shape index (κ2) is 11.0. The van der Waals surface area contributed by atoms with Crippen LogP contribution in [0.5, 0.6) is 0 Å². The van der Waals surface area contributed by atoms with Crippen LogP contribution in [0, 0.1) is 0 Å². The smallest absolute Gasteiger partial charge is 0.416 e. The van der Waals surface area contributed by atoms with Crippen molar-refractivity contribution in [3.63, 3.8) is 0 Å². The molecule has 2 aromatic carbocycles. The molecular weight excluding hydrogens is 556 g/mol. The third-order valence-electron chi connectivity index (χ3n) is 5.49. The van der Waals surface area contributed by atoms with Crippen LogP contribution in [0.3, 0.4) is 0 Å². The standard InChI is InChI=1S/C24H18ClF6N5O3/c25-17-6-4-14(5-7-17)20-34-36(22(38)35(20)10-8-23(26,27)28)13-18(37)33-19(21-32-9-11-39-21)15-2-1-3-16(12-15)24(29,30)31/h1-7,9,11-12,19H,8,10,13H2,(H,33,37). The van der Waals surface area contributed by atoms with Crippen LogP contribution in [0.25, 0.3) is 11.4 Å². The lowest BCUT2D eigenvalue weighted by atomic mass is 10.0. The quantitative estimate of drug-likeness (QED) is 0.291. The van der Waals surface area contributed by atoms with Gasteiger partial charge in [-0.2, -0.15) is 26.3 Å². The van der Waals surface area contributed by atoms with Gasteiger partial charge in [0.25, 0.3) is 0 Å². The average Bonchev–Trinajstić information content (AvgIpc) is 3.50. The Kier molecular flexibility index (Phi) is 7.86. The second-order valence-electron chi connectivity index (χ2n) is 8.28. The number of hydrogen-bond acceptors (Lipinski definition) is 5. The summed E-state index contributed by atoms with van der Waals surface area (Å²) in [6, 6.07) is 8.67. The minimum atomic E-state index is -4.66. The first kappa shape index (κ1) is 28.0. The zero-order chi connectivity index (χ0) is 28.4. The molecule has 1 N–H and O–H groups in total. The summed E-state index contributed by atoms with van der Waals surface area (Å²) < 4.78 is 85.1. The van der Waals surface area contributed by atoms with E-state index in [-0.39, 0.29) is 22.8 Å². The minimum Gasteiger partial charge on any atom is -0.446 e. The number of benzene rings is 2. The molecule has 0 fully saturated rings. The summed E-state index contributed by atoms with van der Waals surface area (Å²) >= 11 is 5.87. The van der Waals surface area contributed by atoms with Crippen molar-refractivity contribution in [3.05, 3.63) is 93.5 Å². The maximum absolute atomic E-state index is 13.3. The molecule has 0 aliphatic carbocycles. The minimum absolute atomic E-state index is 0.00877. The van der Waals surface area contributed by atoms with Gasteiger partial charge in [-0.3, -0.25) is 9.36 Å². The van der Waals surface area contributed by atoms with E-state index < -0.39 is 55.1 Å². The molecule has 4 rings (SSSR count). The number of rotatable bonds is 8. The molecule has 2 heterocycles. The molecule has 0 aliphatic heterocycles. The molecule has 1 atom stereocenters. The SMILES string of the molecule is O=C(Cn1nc(-c2ccc(Cl)cc2)n(CCC(F)(F)F)c1=O)NC(c1cccc(C(F)(F)F)c1)c1ncco1. The van der Waals surface area contributed by atoms with E-state index in [1.807, 2.05) is 0 Å². The summed E-state index contributed by atoms with van der Waals surface area (Å²) in [6.45, 7) is -1.51. The van der Waals surface area contributed by atoms with E-state index in [2.05, 4.69) is 15.4 Å². The van der Waals surface area contributed by atoms with Gasteiger partial charge in [0.1, 0.15) is 18.8 Å². The summed E-state index contributed by atoms with van der Waals surface area (Å²) in [5.74, 6) is -1.15. The van der Waals surface area contributed by atoms with Crippen molar-refractivity contribution in [1.82, 2.24) is 24.6 Å². The molecule has 2 aromatic heterocycles. The molecule has 1 amide bonds. The number of oxazole rings is 1. The maximum atomic E-state index is 13.3. The van der Waals surface area contributed by atoms with Crippen LogP contribution in [0.4, 0.5) is 26.3 Å². The zero-order valence-corrected chi connectivity index (χ0v) is 20.4. The summed E-state index contributed by atoms with van der Waals surface area (Å²) in [5, 5.41) is 6.84. The Morgan fingerprint density at radius 2 is 1.79 bits per heavy atom. The molecule has 206 valence electrons. The molecule has 39 heavy (non-hydrogen) atoms. The van der Waals surface area contributed by atoms with Gasteiger partial charge in [-0.1, -0.05) is 23.7 Å². The first-order valence-corrected chi connectivity index (χ1v) is 11.6. The van der Waals surface area contributed by atoms with E-state index in [1.54, 1.807) is 0 Å². The number of amides is 1. The molecule has 0 radical (unpaired) electrons. The van der Waals surface area contributed by atoms with Crippen molar-refractivity contribution >= 4 is 17.5 Å². The number of hydrogen-bond donors (Lipinski definition) is 1. The molecule has 0 spiro atoms. The van der Waals surface area contributed by atoms with Crippen molar-refractivity contribution in [2.75, 3.05) is 0 Å². The fourth-order valence-corrected chi connectivity index (χ4v) is 3.82. The van der Waals surface area contributed by atoms with Gasteiger partial charge < -0.3 is 9.73 Å². The van der Waals surface area contributed by atoms with E-state index in [0.29, 0.717) is 9.70 Å². The normalized spacial score (nSPS) is 12.9. The van der Waals surface area contributed by atoms with E-state index in [4.69, 9.17) is 16.0 Å². The second-order valence-corrected chi connectivity index (χ2v) is 8.72. The van der Waals surface area contributed by atoms with Crippen LogP contribution in [-0.2, 0) is 24.1 Å². The maximum Gasteiger partial charge on any atom is 0.416 e. The Hall–Kier alpha value is -4.07. The lowest BCUT2D eigenvalue weighted by Gasteiger charge is -2.17. The number of carbonyl (C=O) groups is 1. The zero-order valence-electron chi connectivity index (χ0n) is 19.6. The highest BCUT2D eigenvalue weighted by molar-refractivity contribution is 6.30. The number of alkyl halides is 6. The third kappa shape index (κ3) is 6.88. The number of carbonyl (C=O) groups excluding carboxylic acids is 1. The van der Waals surface area contributed by atoms with Crippen LogP contribution in [0.15, 0.2) is 70.2 Å². The van der Waals surface area contributed by atoms with Crippen molar-refractivity contribution in [2.45, 2.75) is 37.9 Å². The fraction of sp³-hybridized carbons (Fsp3) is 0.250. The first-order valence-electron chi connectivity index (χ1n) is 11.2. The number of aromatic nitrogens is 4. The van der Waals surface area contributed by atoms with Gasteiger partial charge >= 0.3 is 18.0 Å². The number of nitrogens with one attached hydrogen (secondary N) is 1. The van der Waals surface area contributed by atoms with Crippen LogP contribution >= 0.6 is 11.6 Å². The largest absolute Gasteiger partial charge is 0.446 e. The lowest BCUT2D eigenvalue weighted by molar-refractivity contribution is -0.138. The highest BCUT2D eigenvalue weighted by Gasteiger charge is 2.32. The summed E-state index contributed by atoms with van der Waals surface area (Å²) in [5.41, 5.74) is -1.70. The Bertz CT molecular complexity index is 1490. The number of halogens is 7. The van der Waals surface area contributed by atoms with Crippen LogP contribution in [0.2, 0.25) is 5.02 Å². The van der Waals surface area contributed by atoms with Crippen molar-refractivity contribution in [2.24, 2.45) is 0 Å². The van der Waals surface area contributed by atoms with Crippen LogP contribution in [0.1, 0.15) is 29.5 Å². The van der Waals surface area contributed by atoms with Crippen molar-refractivity contribution in [1.29, 1.82) is 0 Å². The molecule has 0 saturated carbocycles. The Balaban J connectivity index is 1.64. The van der Waals surface area contributed by atoms with E-state index in [9.17, 15) is 35.9 Å². The predicted molar refractivity (Wildman–Crippen MR) is 126 cm³/mol. The summed E-state index contributed by atoms with van der Waals surface area (Å²) in [7, 11) is 0. The predicted octanol–water partition coefficient (Wildman–Crippen LogP) is 5.23. The Morgan fingerprint density at radius 1 is 1.08 bits per heavy atom. The summed E-state index contributed by atoms with van der Waals surface area (Å²) in [4.78, 5) is 29.8. The lowest BCUT2D eigenvalue weighted by Crippen LogP contribution is -2.36. The van der Waals surface area contributed by atoms with Crippen LogP contribution in [-0.4, -0.2) is 31.4 Å². The molecule has 0 bridgehead atoms. The van der Waals surface area contributed by atoms with Gasteiger partial charge in [-0.05, 0) is 42.0 Å². The van der Waals surface area contributed by atoms with Gasteiger partial charge in [0.2, 0.25) is 11.8 Å². The van der Waals surface area contributed by atoms with E-state index in [0.717, 1.165) is 29.0 Å². The monoisotopic (exact) mass is 573 g/mol. The highest BCUT2D eigenvalue weighted by atomic mass is 35.5. The first-order chi connectivity index (χ1) is 18.3.